The molecule has 0 bridgehead atoms. The summed E-state index contributed by atoms with van der Waals surface area (Å²) in [5.74, 6) is 0.752. The van der Waals surface area contributed by atoms with Gasteiger partial charge in [0.05, 0.1) is 24.1 Å². The highest BCUT2D eigenvalue weighted by Gasteiger charge is 2.34. The molecule has 1 aliphatic rings. The minimum Gasteiger partial charge on any atom is -0.497 e. The Morgan fingerprint density at radius 3 is 2.47 bits per heavy atom. The number of aromatic nitrogens is 1. The molecule has 4 rings (SSSR count). The lowest BCUT2D eigenvalue weighted by Gasteiger charge is -2.28. The van der Waals surface area contributed by atoms with Crippen molar-refractivity contribution in [2.75, 3.05) is 18.9 Å². The number of ketones is 1. The Kier molecular flexibility index (Phi) is 5.41. The minimum absolute atomic E-state index is 0.0744. The highest BCUT2D eigenvalue weighted by molar-refractivity contribution is 7.92. The van der Waals surface area contributed by atoms with Gasteiger partial charge < -0.3 is 14.5 Å². The van der Waals surface area contributed by atoms with Gasteiger partial charge in [-0.1, -0.05) is 25.4 Å². The van der Waals surface area contributed by atoms with Gasteiger partial charge in [-0.05, 0) is 36.5 Å². The van der Waals surface area contributed by atoms with Crippen LogP contribution in [-0.4, -0.2) is 33.4 Å². The van der Waals surface area contributed by atoms with Crippen molar-refractivity contribution in [2.24, 2.45) is 5.41 Å². The molecule has 1 aromatic heterocycles. The molecule has 0 saturated heterocycles. The normalized spacial score (nSPS) is 15.5. The number of anilines is 1. The zero-order valence-electron chi connectivity index (χ0n) is 18.6. The number of ether oxygens (including phenoxy) is 2. The molecule has 1 aliphatic carbocycles. The lowest BCUT2D eigenvalue weighted by molar-refractivity contribution is 0.0913. The van der Waals surface area contributed by atoms with Gasteiger partial charge in [-0.2, -0.15) is 0 Å². The van der Waals surface area contributed by atoms with E-state index >= 15 is 0 Å². The van der Waals surface area contributed by atoms with Crippen LogP contribution in [-0.2, 0) is 16.4 Å². The van der Waals surface area contributed by atoms with E-state index in [0.717, 1.165) is 17.5 Å². The summed E-state index contributed by atoms with van der Waals surface area (Å²) in [6.45, 7) is 5.81. The predicted molar refractivity (Wildman–Crippen MR) is 125 cm³/mol. The zero-order valence-corrected chi connectivity index (χ0v) is 20.1. The number of hydrogen-bond donors (Lipinski definition) is 2. The Morgan fingerprint density at radius 1 is 1.09 bits per heavy atom. The molecule has 0 aliphatic heterocycles. The molecule has 2 N–H and O–H groups in total. The molecule has 0 saturated carbocycles. The Balaban J connectivity index is 1.80. The molecule has 1 heterocycles. The van der Waals surface area contributed by atoms with Gasteiger partial charge in [0.1, 0.15) is 17.2 Å². The van der Waals surface area contributed by atoms with Crippen molar-refractivity contribution >= 4 is 44.0 Å². The van der Waals surface area contributed by atoms with Crippen LogP contribution in [0.3, 0.4) is 0 Å². The number of hydrogen-bond acceptors (Lipinski definition) is 5. The Bertz CT molecular complexity index is 1360. The van der Waals surface area contributed by atoms with Gasteiger partial charge in [-0.15, -0.1) is 0 Å². The summed E-state index contributed by atoms with van der Waals surface area (Å²) in [4.78, 5) is 16.1. The number of benzene rings is 2. The van der Waals surface area contributed by atoms with Crippen LogP contribution in [0, 0.1) is 12.3 Å². The summed E-state index contributed by atoms with van der Waals surface area (Å²) in [5.41, 5.74) is 2.63. The number of Topliss-reactive ketones (excluding diaryl/α,β-unsaturated/α-hetero) is 1. The standard InChI is InChI=1S/C23H25ClN2O5S/c1-12-6-14-16(25-17-10-23(2,3)11-18(27)21(14)17)9-20(12)32(28,29)26-22-15(24)7-13(30-4)8-19(22)31-5/h6-9,25-26H,10-11H2,1-5H3. The summed E-state index contributed by atoms with van der Waals surface area (Å²) >= 11 is 6.30. The molecular weight excluding hydrogens is 452 g/mol. The predicted octanol–water partition coefficient (Wildman–Crippen LogP) is 5.10. The van der Waals surface area contributed by atoms with E-state index in [4.69, 9.17) is 21.1 Å². The van der Waals surface area contributed by atoms with E-state index in [1.165, 1.54) is 20.3 Å². The average molecular weight is 477 g/mol. The van der Waals surface area contributed by atoms with E-state index in [1.807, 2.05) is 0 Å². The summed E-state index contributed by atoms with van der Waals surface area (Å²) in [5, 5.41) is 0.892. The van der Waals surface area contributed by atoms with Gasteiger partial charge in [-0.25, -0.2) is 8.42 Å². The average Bonchev–Trinajstić information content (AvgIpc) is 3.04. The fraction of sp³-hybridized carbons (Fsp3) is 0.348. The largest absolute Gasteiger partial charge is 0.497 e. The molecule has 2 aromatic carbocycles. The van der Waals surface area contributed by atoms with E-state index in [-0.39, 0.29) is 32.6 Å². The molecule has 0 fully saturated rings. The number of fused-ring (bicyclic) bond motifs is 3. The fourth-order valence-electron chi connectivity index (χ4n) is 4.32. The highest BCUT2D eigenvalue weighted by Crippen LogP contribution is 2.41. The summed E-state index contributed by atoms with van der Waals surface area (Å²) in [6.07, 6.45) is 1.18. The first-order valence-electron chi connectivity index (χ1n) is 10.1. The zero-order chi connectivity index (χ0) is 23.4. The number of rotatable bonds is 5. The molecule has 0 unspecified atom stereocenters. The number of halogens is 1. The number of sulfonamides is 1. The number of carbonyl (C=O) groups excluding carboxylic acids is 1. The SMILES string of the molecule is COc1cc(Cl)c(NS(=O)(=O)c2cc3[nH]c4c(c3cc2C)C(=O)CC(C)(C)C4)c(OC)c1. The van der Waals surface area contributed by atoms with Gasteiger partial charge in [0.25, 0.3) is 10.0 Å². The number of methoxy groups -OCH3 is 2. The van der Waals surface area contributed by atoms with Crippen molar-refractivity contribution in [1.82, 2.24) is 4.98 Å². The van der Waals surface area contributed by atoms with Crippen molar-refractivity contribution < 1.29 is 22.7 Å². The topological polar surface area (TPSA) is 97.5 Å². The lowest BCUT2D eigenvalue weighted by atomic mass is 9.76. The summed E-state index contributed by atoms with van der Waals surface area (Å²) < 4.78 is 39.6. The van der Waals surface area contributed by atoms with E-state index in [9.17, 15) is 13.2 Å². The third-order valence-electron chi connectivity index (χ3n) is 5.75. The number of H-pyrrole nitrogens is 1. The maximum Gasteiger partial charge on any atom is 0.262 e. The van der Waals surface area contributed by atoms with Crippen LogP contribution in [0.25, 0.3) is 10.9 Å². The molecule has 170 valence electrons. The van der Waals surface area contributed by atoms with Gasteiger partial charge in [-0.3, -0.25) is 9.52 Å². The van der Waals surface area contributed by atoms with Crippen LogP contribution in [0.4, 0.5) is 5.69 Å². The van der Waals surface area contributed by atoms with Gasteiger partial charge in [0.15, 0.2) is 5.78 Å². The molecule has 0 radical (unpaired) electrons. The number of nitrogens with one attached hydrogen (secondary N) is 2. The Hall–Kier alpha value is -2.71. The van der Waals surface area contributed by atoms with Crippen molar-refractivity contribution in [3.63, 3.8) is 0 Å². The molecule has 9 heteroatoms. The first kappa shape index (κ1) is 22.5. The monoisotopic (exact) mass is 476 g/mol. The molecule has 3 aromatic rings. The van der Waals surface area contributed by atoms with Crippen molar-refractivity contribution in [3.8, 4) is 11.5 Å². The maximum absolute atomic E-state index is 13.3. The van der Waals surface area contributed by atoms with Crippen molar-refractivity contribution in [3.05, 3.63) is 46.1 Å². The second-order valence-corrected chi connectivity index (χ2v) is 10.9. The molecular formula is C23H25ClN2O5S. The molecule has 0 spiro atoms. The van der Waals surface area contributed by atoms with Gasteiger partial charge >= 0.3 is 0 Å². The second-order valence-electron chi connectivity index (χ2n) is 8.87. The smallest absolute Gasteiger partial charge is 0.262 e. The minimum atomic E-state index is -4.01. The second kappa shape index (κ2) is 7.71. The summed E-state index contributed by atoms with van der Waals surface area (Å²) in [6, 6.07) is 6.37. The first-order valence-corrected chi connectivity index (χ1v) is 11.9. The number of aryl methyl sites for hydroxylation is 1. The number of carbonyl (C=O) groups is 1. The third-order valence-corrected chi connectivity index (χ3v) is 7.54. The van der Waals surface area contributed by atoms with Crippen LogP contribution in [0.15, 0.2) is 29.2 Å². The van der Waals surface area contributed by atoms with Crippen LogP contribution >= 0.6 is 11.6 Å². The summed E-state index contributed by atoms with van der Waals surface area (Å²) in [7, 11) is -1.11. The Labute approximate surface area is 192 Å². The lowest BCUT2D eigenvalue weighted by Crippen LogP contribution is -2.26. The van der Waals surface area contributed by atoms with E-state index < -0.39 is 10.0 Å². The van der Waals surface area contributed by atoms with Crippen LogP contribution < -0.4 is 14.2 Å². The fourth-order valence-corrected chi connectivity index (χ4v) is 5.96. The van der Waals surface area contributed by atoms with E-state index in [2.05, 4.69) is 23.6 Å². The Morgan fingerprint density at radius 2 is 1.81 bits per heavy atom. The quantitative estimate of drug-likeness (QED) is 0.533. The van der Waals surface area contributed by atoms with Crippen molar-refractivity contribution in [1.29, 1.82) is 0 Å². The molecule has 32 heavy (non-hydrogen) atoms. The number of aromatic amines is 1. The highest BCUT2D eigenvalue weighted by atomic mass is 35.5. The van der Waals surface area contributed by atoms with Crippen LogP contribution in [0.2, 0.25) is 5.02 Å². The van der Waals surface area contributed by atoms with Gasteiger partial charge in [0, 0.05) is 40.7 Å². The van der Waals surface area contributed by atoms with Crippen LogP contribution in [0.1, 0.15) is 41.9 Å². The first-order chi connectivity index (χ1) is 15.0. The molecule has 0 atom stereocenters. The van der Waals surface area contributed by atoms with E-state index in [1.54, 1.807) is 25.1 Å². The molecule has 0 amide bonds. The van der Waals surface area contributed by atoms with Gasteiger partial charge in [0.2, 0.25) is 0 Å². The van der Waals surface area contributed by atoms with Crippen LogP contribution in [0.5, 0.6) is 11.5 Å². The maximum atomic E-state index is 13.3. The molecule has 7 nitrogen and oxygen atoms in total. The van der Waals surface area contributed by atoms with E-state index in [0.29, 0.717) is 28.8 Å². The third kappa shape index (κ3) is 3.82. The van der Waals surface area contributed by atoms with Crippen molar-refractivity contribution in [2.45, 2.75) is 38.5 Å².